The zero-order valence-electron chi connectivity index (χ0n) is 13.9. The quantitative estimate of drug-likeness (QED) is 0.691. The van der Waals surface area contributed by atoms with Crippen molar-refractivity contribution in [2.24, 2.45) is 5.41 Å². The van der Waals surface area contributed by atoms with Gasteiger partial charge < -0.3 is 9.64 Å². The number of carbonyl (C=O) groups is 1. The van der Waals surface area contributed by atoms with Gasteiger partial charge in [-0.3, -0.25) is 4.98 Å². The second-order valence-electron chi connectivity index (χ2n) is 7.40. The molecule has 0 saturated carbocycles. The van der Waals surface area contributed by atoms with Crippen molar-refractivity contribution in [1.82, 2.24) is 9.88 Å². The lowest BCUT2D eigenvalue weighted by Gasteiger charge is -2.39. The molecular weight excluding hydrogens is 292 g/mol. The Hall–Kier alpha value is -2.13. The number of rotatable bonds is 0. The summed E-state index contributed by atoms with van der Waals surface area (Å²) in [6.45, 7) is 6.77. The highest BCUT2D eigenvalue weighted by Gasteiger charge is 2.46. The van der Waals surface area contributed by atoms with E-state index in [1.54, 1.807) is 11.1 Å². The number of nitrogens with zero attached hydrogens (tertiary/aromatic N) is 2. The average molecular weight is 314 g/mol. The second-order valence-corrected chi connectivity index (χ2v) is 7.40. The number of allylic oxidation sites excluding steroid dienone is 1. The topological polar surface area (TPSA) is 59.5 Å². The van der Waals surface area contributed by atoms with Crippen LogP contribution in [0.25, 0.3) is 5.57 Å². The van der Waals surface area contributed by atoms with Gasteiger partial charge >= 0.3 is 6.09 Å². The third-order valence-electron chi connectivity index (χ3n) is 4.67. The molecule has 122 valence electrons. The Morgan fingerprint density at radius 1 is 1.35 bits per heavy atom. The van der Waals surface area contributed by atoms with Crippen LogP contribution in [0.15, 0.2) is 18.3 Å². The van der Waals surface area contributed by atoms with E-state index >= 15 is 0 Å². The fraction of sp³-hybridized carbons (Fsp3) is 0.556. The molecule has 5 heteroatoms. The maximum absolute atomic E-state index is 12.2. The molecule has 5 nitrogen and oxygen atoms in total. The van der Waals surface area contributed by atoms with Crippen LogP contribution in [0, 0.1) is 5.41 Å². The SMILES string of the molecule is CC(C)(C)OC(=O)N1CCC2(CC1)Cc1ncccc1C2=C=O. The van der Waals surface area contributed by atoms with E-state index in [2.05, 4.69) is 10.9 Å². The number of carbonyl (C=O) groups excluding carboxylic acids is 2. The lowest BCUT2D eigenvalue weighted by atomic mass is 9.73. The summed E-state index contributed by atoms with van der Waals surface area (Å²) in [6, 6.07) is 3.79. The van der Waals surface area contributed by atoms with Gasteiger partial charge in [-0.1, -0.05) is 6.07 Å². The summed E-state index contributed by atoms with van der Waals surface area (Å²) in [5.74, 6) is 2.15. The normalized spacial score (nSPS) is 19.4. The van der Waals surface area contributed by atoms with Crippen LogP contribution in [-0.2, 0) is 16.0 Å². The summed E-state index contributed by atoms with van der Waals surface area (Å²) in [6.07, 6.45) is 3.73. The first-order valence-corrected chi connectivity index (χ1v) is 8.02. The van der Waals surface area contributed by atoms with Crippen molar-refractivity contribution in [3.8, 4) is 0 Å². The van der Waals surface area contributed by atoms with E-state index in [9.17, 15) is 9.59 Å². The van der Waals surface area contributed by atoms with Crippen LogP contribution in [-0.4, -0.2) is 40.6 Å². The Bertz CT molecular complexity index is 676. The molecule has 1 amide bonds. The predicted molar refractivity (Wildman–Crippen MR) is 86.5 cm³/mol. The minimum atomic E-state index is -0.492. The molecule has 0 bridgehead atoms. The highest BCUT2D eigenvalue weighted by atomic mass is 16.6. The minimum absolute atomic E-state index is 0.225. The molecule has 1 aromatic rings. The molecule has 1 aliphatic carbocycles. The number of ether oxygens (including phenoxy) is 1. The molecule has 1 saturated heterocycles. The van der Waals surface area contributed by atoms with Gasteiger partial charge in [0.05, 0.1) is 5.57 Å². The van der Waals surface area contributed by atoms with E-state index in [-0.39, 0.29) is 11.5 Å². The first-order chi connectivity index (χ1) is 10.8. The summed E-state index contributed by atoms with van der Waals surface area (Å²) < 4.78 is 5.43. The number of likely N-dealkylation sites (tertiary alicyclic amines) is 1. The van der Waals surface area contributed by atoms with Crippen molar-refractivity contribution in [3.05, 3.63) is 29.6 Å². The zero-order valence-corrected chi connectivity index (χ0v) is 13.9. The van der Waals surface area contributed by atoms with Crippen molar-refractivity contribution < 1.29 is 14.3 Å². The number of aromatic nitrogens is 1. The Morgan fingerprint density at radius 3 is 2.65 bits per heavy atom. The molecule has 1 aliphatic heterocycles. The monoisotopic (exact) mass is 314 g/mol. The Morgan fingerprint density at radius 2 is 2.04 bits per heavy atom. The van der Waals surface area contributed by atoms with Gasteiger partial charge in [0.1, 0.15) is 11.5 Å². The van der Waals surface area contributed by atoms with E-state index in [1.165, 1.54) is 0 Å². The van der Waals surface area contributed by atoms with Crippen LogP contribution in [0.2, 0.25) is 0 Å². The van der Waals surface area contributed by atoms with Gasteiger partial charge in [0.2, 0.25) is 0 Å². The second kappa shape index (κ2) is 5.50. The van der Waals surface area contributed by atoms with Gasteiger partial charge in [-0.2, -0.15) is 0 Å². The van der Waals surface area contributed by atoms with E-state index in [4.69, 9.17) is 4.74 Å². The highest BCUT2D eigenvalue weighted by molar-refractivity contribution is 5.94. The van der Waals surface area contributed by atoms with Crippen LogP contribution in [0.3, 0.4) is 0 Å². The van der Waals surface area contributed by atoms with Crippen molar-refractivity contribution in [2.75, 3.05) is 13.1 Å². The summed E-state index contributed by atoms with van der Waals surface area (Å²) in [5, 5.41) is 0. The van der Waals surface area contributed by atoms with E-state index in [0.29, 0.717) is 13.1 Å². The number of pyridine rings is 1. The number of amides is 1. The Kier molecular flexibility index (Phi) is 3.77. The predicted octanol–water partition coefficient (Wildman–Crippen LogP) is 2.87. The summed E-state index contributed by atoms with van der Waals surface area (Å²) >= 11 is 0. The number of hydrogen-bond acceptors (Lipinski definition) is 4. The van der Waals surface area contributed by atoms with Crippen LogP contribution in [0.4, 0.5) is 4.79 Å². The lowest BCUT2D eigenvalue weighted by Crippen LogP contribution is -2.45. The van der Waals surface area contributed by atoms with Gasteiger partial charge in [-0.05, 0) is 39.7 Å². The van der Waals surface area contributed by atoms with E-state index < -0.39 is 5.60 Å². The molecule has 0 unspecified atom stereocenters. The van der Waals surface area contributed by atoms with E-state index in [1.807, 2.05) is 32.9 Å². The fourth-order valence-corrected chi connectivity index (χ4v) is 3.53. The van der Waals surface area contributed by atoms with Crippen molar-refractivity contribution in [2.45, 2.75) is 45.6 Å². The molecule has 0 N–H and O–H groups in total. The molecule has 0 radical (unpaired) electrons. The standard InChI is InChI=1S/C18H22N2O3/c1-17(2,3)23-16(22)20-9-6-18(7-10-20)11-15-13(14(18)12-21)5-4-8-19-15/h4-5,8H,6-7,9-11H2,1-3H3. The lowest BCUT2D eigenvalue weighted by molar-refractivity contribution is 0.0154. The van der Waals surface area contributed by atoms with Gasteiger partial charge in [0.25, 0.3) is 0 Å². The third-order valence-corrected chi connectivity index (χ3v) is 4.67. The molecule has 0 atom stereocenters. The Labute approximate surface area is 136 Å². The first kappa shape index (κ1) is 15.8. The molecule has 2 heterocycles. The van der Waals surface area contributed by atoms with Gasteiger partial charge in [0.15, 0.2) is 0 Å². The third kappa shape index (κ3) is 2.89. The molecule has 1 aromatic heterocycles. The van der Waals surface area contributed by atoms with Gasteiger partial charge in [-0.15, -0.1) is 0 Å². The summed E-state index contributed by atoms with van der Waals surface area (Å²) in [5.41, 5.74) is 1.90. The van der Waals surface area contributed by atoms with Crippen molar-refractivity contribution in [1.29, 1.82) is 0 Å². The van der Waals surface area contributed by atoms with E-state index in [0.717, 1.165) is 36.1 Å². The number of fused-ring (bicyclic) bond motifs is 1. The summed E-state index contributed by atoms with van der Waals surface area (Å²) in [7, 11) is 0. The molecule has 3 rings (SSSR count). The van der Waals surface area contributed by atoms with Crippen molar-refractivity contribution >= 4 is 17.6 Å². The van der Waals surface area contributed by atoms with Gasteiger partial charge in [0, 0.05) is 42.4 Å². The number of piperidine rings is 1. The van der Waals surface area contributed by atoms with Crippen LogP contribution >= 0.6 is 0 Å². The van der Waals surface area contributed by atoms with Crippen LogP contribution in [0.1, 0.15) is 44.9 Å². The minimum Gasteiger partial charge on any atom is -0.444 e. The molecule has 1 fully saturated rings. The maximum Gasteiger partial charge on any atom is 0.410 e. The molecule has 23 heavy (non-hydrogen) atoms. The first-order valence-electron chi connectivity index (χ1n) is 8.02. The molecule has 0 aromatic carbocycles. The Balaban J connectivity index is 1.75. The van der Waals surface area contributed by atoms with Gasteiger partial charge in [-0.25, -0.2) is 9.59 Å². The van der Waals surface area contributed by atoms with Crippen LogP contribution in [0.5, 0.6) is 0 Å². The molecular formula is C18H22N2O3. The van der Waals surface area contributed by atoms with Crippen molar-refractivity contribution in [3.63, 3.8) is 0 Å². The molecule has 1 spiro atoms. The average Bonchev–Trinajstić information content (AvgIpc) is 2.78. The smallest absolute Gasteiger partial charge is 0.410 e. The van der Waals surface area contributed by atoms with Crippen LogP contribution < -0.4 is 0 Å². The number of hydrogen-bond donors (Lipinski definition) is 0. The molecule has 2 aliphatic rings. The summed E-state index contributed by atoms with van der Waals surface area (Å²) in [4.78, 5) is 29.9. The zero-order chi connectivity index (χ0) is 16.7. The largest absolute Gasteiger partial charge is 0.444 e. The highest BCUT2D eigenvalue weighted by Crippen LogP contribution is 2.50. The maximum atomic E-state index is 12.2. The fourth-order valence-electron chi connectivity index (χ4n) is 3.53.